The molecule has 4 nitrogen and oxygen atoms in total. The molecule has 0 heterocycles. The minimum atomic E-state index is -1.65. The number of rotatable bonds is 5. The van der Waals surface area contributed by atoms with Gasteiger partial charge in [-0.05, 0) is 25.5 Å². The summed E-state index contributed by atoms with van der Waals surface area (Å²) in [6.45, 7) is 1.64. The van der Waals surface area contributed by atoms with Crippen molar-refractivity contribution in [2.75, 3.05) is 19.8 Å². The van der Waals surface area contributed by atoms with E-state index in [1.54, 1.807) is 0 Å². The van der Waals surface area contributed by atoms with Crippen LogP contribution in [-0.2, 0) is 4.74 Å². The van der Waals surface area contributed by atoms with Crippen molar-refractivity contribution >= 4 is 40.9 Å². The maximum absolute atomic E-state index is 11.6. The Morgan fingerprint density at radius 2 is 1.96 bits per heavy atom. The third kappa shape index (κ3) is 8.92. The van der Waals surface area contributed by atoms with Gasteiger partial charge in [-0.3, -0.25) is 0 Å². The van der Waals surface area contributed by atoms with Gasteiger partial charge in [0.25, 0.3) is 0 Å². The first-order valence-corrected chi connectivity index (χ1v) is 8.04. The SMILES string of the molecule is CC(C#Cc1ccccc1)(CCO)CNC(=O)OCC(Cl)(Cl)Cl. The number of alkyl carbamates (subject to hydrolysis) is 1. The molecule has 1 aromatic carbocycles. The maximum Gasteiger partial charge on any atom is 0.407 e. The van der Waals surface area contributed by atoms with Gasteiger partial charge >= 0.3 is 6.09 Å². The Kier molecular flexibility index (Phi) is 8.01. The van der Waals surface area contributed by atoms with Crippen molar-refractivity contribution in [3.8, 4) is 11.8 Å². The van der Waals surface area contributed by atoms with E-state index >= 15 is 0 Å². The van der Waals surface area contributed by atoms with E-state index in [-0.39, 0.29) is 19.8 Å². The average molecular weight is 379 g/mol. The summed E-state index contributed by atoms with van der Waals surface area (Å²) in [7, 11) is 0. The fourth-order valence-electron chi connectivity index (χ4n) is 1.65. The van der Waals surface area contributed by atoms with Crippen LogP contribution >= 0.6 is 34.8 Å². The zero-order valence-electron chi connectivity index (χ0n) is 12.6. The number of ether oxygens (including phenoxy) is 1. The van der Waals surface area contributed by atoms with Gasteiger partial charge in [0.05, 0.1) is 0 Å². The van der Waals surface area contributed by atoms with Crippen molar-refractivity contribution in [1.29, 1.82) is 0 Å². The molecule has 0 fully saturated rings. The molecule has 1 rings (SSSR count). The first-order chi connectivity index (χ1) is 10.7. The number of halogens is 3. The number of amides is 1. The summed E-state index contributed by atoms with van der Waals surface area (Å²) >= 11 is 16.5. The van der Waals surface area contributed by atoms with Gasteiger partial charge in [-0.15, -0.1) is 0 Å². The molecule has 1 amide bonds. The van der Waals surface area contributed by atoms with Crippen LogP contribution in [-0.4, -0.2) is 34.8 Å². The van der Waals surface area contributed by atoms with Gasteiger partial charge < -0.3 is 15.2 Å². The molecule has 1 unspecified atom stereocenters. The number of nitrogens with one attached hydrogen (secondary N) is 1. The van der Waals surface area contributed by atoms with Crippen LogP contribution in [0.3, 0.4) is 0 Å². The van der Waals surface area contributed by atoms with E-state index in [9.17, 15) is 9.90 Å². The van der Waals surface area contributed by atoms with E-state index in [1.807, 2.05) is 37.3 Å². The second-order valence-electron chi connectivity index (χ2n) is 5.20. The van der Waals surface area contributed by atoms with Crippen LogP contribution in [0, 0.1) is 17.3 Å². The van der Waals surface area contributed by atoms with Gasteiger partial charge in [0.2, 0.25) is 3.79 Å². The quantitative estimate of drug-likeness (QED) is 0.609. The molecule has 0 aliphatic heterocycles. The summed E-state index contributed by atoms with van der Waals surface area (Å²) in [5, 5.41) is 11.8. The van der Waals surface area contributed by atoms with E-state index in [4.69, 9.17) is 39.5 Å². The molecular weight excluding hydrogens is 361 g/mol. The lowest BCUT2D eigenvalue weighted by molar-refractivity contribution is 0.143. The Hall–Kier alpha value is -1.12. The van der Waals surface area contributed by atoms with E-state index < -0.39 is 15.3 Å². The molecule has 7 heteroatoms. The first-order valence-electron chi connectivity index (χ1n) is 6.90. The smallest absolute Gasteiger partial charge is 0.407 e. The van der Waals surface area contributed by atoms with Gasteiger partial charge in [-0.1, -0.05) is 64.8 Å². The molecule has 0 bridgehead atoms. The summed E-state index contributed by atoms with van der Waals surface area (Å²) < 4.78 is 3.13. The van der Waals surface area contributed by atoms with E-state index in [0.29, 0.717) is 6.42 Å². The van der Waals surface area contributed by atoms with Gasteiger partial charge in [0, 0.05) is 24.1 Å². The second-order valence-corrected chi connectivity index (χ2v) is 7.71. The Labute approximate surface area is 151 Å². The summed E-state index contributed by atoms with van der Waals surface area (Å²) in [6, 6.07) is 9.45. The normalized spacial score (nSPS) is 13.4. The molecule has 0 saturated heterocycles. The number of alkyl halides is 3. The third-order valence-corrected chi connectivity index (χ3v) is 3.26. The third-order valence-electron chi connectivity index (χ3n) is 2.94. The highest BCUT2D eigenvalue weighted by Gasteiger charge is 2.25. The Morgan fingerprint density at radius 3 is 2.52 bits per heavy atom. The van der Waals surface area contributed by atoms with Gasteiger partial charge in [-0.25, -0.2) is 4.79 Å². The van der Waals surface area contributed by atoms with Crippen LogP contribution < -0.4 is 5.32 Å². The van der Waals surface area contributed by atoms with Crippen LogP contribution in [0.25, 0.3) is 0 Å². The minimum absolute atomic E-state index is 0.0507. The fraction of sp³-hybridized carbons (Fsp3) is 0.438. The first kappa shape index (κ1) is 19.9. The van der Waals surface area contributed by atoms with Crippen molar-refractivity contribution in [2.45, 2.75) is 17.1 Å². The highest BCUT2D eigenvalue weighted by Crippen LogP contribution is 2.26. The van der Waals surface area contributed by atoms with Crippen molar-refractivity contribution in [2.24, 2.45) is 5.41 Å². The standard InChI is InChI=1S/C16H18Cl3NO3/c1-15(9-10-21,8-7-13-5-3-2-4-6-13)11-20-14(22)23-12-16(17,18)19/h2-6,21H,9-12H2,1H3,(H,20,22). The Bertz CT molecular complexity index is 563. The van der Waals surface area contributed by atoms with Crippen molar-refractivity contribution in [3.63, 3.8) is 0 Å². The van der Waals surface area contributed by atoms with Crippen LogP contribution in [0.15, 0.2) is 30.3 Å². The predicted molar refractivity (Wildman–Crippen MR) is 92.8 cm³/mol. The van der Waals surface area contributed by atoms with Crippen LogP contribution in [0.4, 0.5) is 4.79 Å². The van der Waals surface area contributed by atoms with Crippen molar-refractivity contribution in [1.82, 2.24) is 5.32 Å². The fourth-order valence-corrected chi connectivity index (χ4v) is 1.82. The number of carbonyl (C=O) groups excluding carboxylic acids is 1. The summed E-state index contributed by atoms with van der Waals surface area (Å²) in [5.74, 6) is 6.12. The molecular formula is C16H18Cl3NO3. The molecule has 0 aliphatic carbocycles. The molecule has 0 radical (unpaired) electrons. The molecule has 2 N–H and O–H groups in total. The summed E-state index contributed by atoms with van der Waals surface area (Å²) in [6.07, 6.45) is -0.306. The average Bonchev–Trinajstić information content (AvgIpc) is 2.50. The second kappa shape index (κ2) is 9.24. The summed E-state index contributed by atoms with van der Waals surface area (Å²) in [5.41, 5.74) is 0.249. The maximum atomic E-state index is 11.6. The largest absolute Gasteiger partial charge is 0.445 e. The highest BCUT2D eigenvalue weighted by molar-refractivity contribution is 6.67. The zero-order valence-corrected chi connectivity index (χ0v) is 14.9. The molecule has 0 saturated carbocycles. The molecule has 23 heavy (non-hydrogen) atoms. The molecule has 0 aromatic heterocycles. The number of aliphatic hydroxyl groups is 1. The van der Waals surface area contributed by atoms with Crippen LogP contribution in [0.2, 0.25) is 0 Å². The van der Waals surface area contributed by atoms with Crippen LogP contribution in [0.1, 0.15) is 18.9 Å². The van der Waals surface area contributed by atoms with E-state index in [0.717, 1.165) is 5.56 Å². The molecule has 0 aliphatic rings. The highest BCUT2D eigenvalue weighted by atomic mass is 35.6. The summed E-state index contributed by atoms with van der Waals surface area (Å²) in [4.78, 5) is 11.6. The topological polar surface area (TPSA) is 58.6 Å². The molecule has 1 aromatic rings. The number of hydrogen-bond donors (Lipinski definition) is 2. The lowest BCUT2D eigenvalue weighted by Crippen LogP contribution is -2.37. The molecule has 126 valence electrons. The lowest BCUT2D eigenvalue weighted by atomic mass is 9.87. The van der Waals surface area contributed by atoms with E-state index in [1.165, 1.54) is 0 Å². The zero-order chi connectivity index (χ0) is 17.3. The van der Waals surface area contributed by atoms with Crippen LogP contribution in [0.5, 0.6) is 0 Å². The number of hydrogen-bond acceptors (Lipinski definition) is 3. The van der Waals surface area contributed by atoms with Gasteiger partial charge in [-0.2, -0.15) is 0 Å². The lowest BCUT2D eigenvalue weighted by Gasteiger charge is -2.23. The predicted octanol–water partition coefficient (Wildman–Crippen LogP) is 3.52. The van der Waals surface area contributed by atoms with Gasteiger partial charge in [0.15, 0.2) is 0 Å². The number of aliphatic hydroxyl groups excluding tert-OH is 1. The minimum Gasteiger partial charge on any atom is -0.445 e. The van der Waals surface area contributed by atoms with Gasteiger partial charge in [0.1, 0.15) is 6.61 Å². The van der Waals surface area contributed by atoms with Crippen molar-refractivity contribution < 1.29 is 14.6 Å². The molecule has 0 spiro atoms. The molecule has 1 atom stereocenters. The van der Waals surface area contributed by atoms with Crippen molar-refractivity contribution in [3.05, 3.63) is 35.9 Å². The Balaban J connectivity index is 2.63. The monoisotopic (exact) mass is 377 g/mol. The Morgan fingerprint density at radius 1 is 1.30 bits per heavy atom. The number of carbonyl (C=O) groups is 1. The number of benzene rings is 1. The van der Waals surface area contributed by atoms with E-state index in [2.05, 4.69) is 17.2 Å².